The first-order chi connectivity index (χ1) is 6.70. The van der Waals surface area contributed by atoms with Crippen LogP contribution >= 0.6 is 0 Å². The van der Waals surface area contributed by atoms with Gasteiger partial charge in [-0.05, 0) is 13.0 Å². The van der Waals surface area contributed by atoms with Crippen LogP contribution in [-0.4, -0.2) is 32.2 Å². The Morgan fingerprint density at radius 3 is 2.71 bits per heavy atom. The van der Waals surface area contributed by atoms with Crippen molar-refractivity contribution in [2.75, 3.05) is 12.8 Å². The van der Waals surface area contributed by atoms with Crippen LogP contribution < -0.4 is 5.32 Å². The van der Waals surface area contributed by atoms with Gasteiger partial charge in [0.05, 0.1) is 6.54 Å². The highest BCUT2D eigenvalue weighted by Crippen LogP contribution is 1.91. The molecule has 0 saturated carbocycles. The Labute approximate surface area is 86.6 Å². The SMILES string of the molecule is CC(CNCc1ncccn1)S(C)=O. The first-order valence-corrected chi connectivity index (χ1v) is 6.11. The zero-order valence-electron chi connectivity index (χ0n) is 8.43. The highest BCUT2D eigenvalue weighted by molar-refractivity contribution is 7.84. The fourth-order valence-electron chi connectivity index (χ4n) is 0.926. The molecule has 2 unspecified atom stereocenters. The highest BCUT2D eigenvalue weighted by Gasteiger charge is 2.04. The topological polar surface area (TPSA) is 54.9 Å². The van der Waals surface area contributed by atoms with Crippen LogP contribution in [0.3, 0.4) is 0 Å². The third-order valence-corrected chi connectivity index (χ3v) is 3.20. The summed E-state index contributed by atoms with van der Waals surface area (Å²) in [5.41, 5.74) is 0. The van der Waals surface area contributed by atoms with Gasteiger partial charge in [-0.15, -0.1) is 0 Å². The molecule has 0 saturated heterocycles. The molecule has 0 aliphatic carbocycles. The summed E-state index contributed by atoms with van der Waals surface area (Å²) in [6.07, 6.45) is 5.14. The van der Waals surface area contributed by atoms with Gasteiger partial charge >= 0.3 is 0 Å². The van der Waals surface area contributed by atoms with Crippen molar-refractivity contribution in [3.05, 3.63) is 24.3 Å². The minimum Gasteiger partial charge on any atom is -0.309 e. The molecule has 0 aliphatic heterocycles. The van der Waals surface area contributed by atoms with Crippen molar-refractivity contribution < 1.29 is 4.21 Å². The molecule has 0 fully saturated rings. The summed E-state index contributed by atoms with van der Waals surface area (Å²) in [5.74, 6) is 0.765. The molecule has 0 bridgehead atoms. The average Bonchev–Trinajstić information content (AvgIpc) is 2.19. The van der Waals surface area contributed by atoms with Gasteiger partial charge in [-0.25, -0.2) is 9.97 Å². The number of aromatic nitrogens is 2. The molecule has 1 aromatic heterocycles. The van der Waals surface area contributed by atoms with Gasteiger partial charge in [-0.2, -0.15) is 0 Å². The lowest BCUT2D eigenvalue weighted by Gasteiger charge is -2.08. The largest absolute Gasteiger partial charge is 0.309 e. The van der Waals surface area contributed by atoms with E-state index in [2.05, 4.69) is 15.3 Å². The van der Waals surface area contributed by atoms with Crippen molar-refractivity contribution in [2.45, 2.75) is 18.7 Å². The van der Waals surface area contributed by atoms with Crippen LogP contribution in [0.15, 0.2) is 18.5 Å². The molecule has 2 atom stereocenters. The number of nitrogens with one attached hydrogen (secondary N) is 1. The Hall–Kier alpha value is -0.810. The van der Waals surface area contributed by atoms with Crippen molar-refractivity contribution in [1.82, 2.24) is 15.3 Å². The molecule has 4 nitrogen and oxygen atoms in total. The number of hydrogen-bond acceptors (Lipinski definition) is 4. The smallest absolute Gasteiger partial charge is 0.141 e. The highest BCUT2D eigenvalue weighted by atomic mass is 32.2. The maximum atomic E-state index is 11.0. The Morgan fingerprint density at radius 1 is 1.50 bits per heavy atom. The molecule has 14 heavy (non-hydrogen) atoms. The van der Waals surface area contributed by atoms with Crippen LogP contribution in [0.25, 0.3) is 0 Å². The van der Waals surface area contributed by atoms with Gasteiger partial charge in [0.2, 0.25) is 0 Å². The van der Waals surface area contributed by atoms with Gasteiger partial charge in [0.15, 0.2) is 0 Å². The maximum absolute atomic E-state index is 11.0. The molecular weight excluding hydrogens is 198 g/mol. The zero-order valence-corrected chi connectivity index (χ0v) is 9.25. The predicted molar refractivity (Wildman–Crippen MR) is 57.3 cm³/mol. The fraction of sp³-hybridized carbons (Fsp3) is 0.556. The maximum Gasteiger partial charge on any atom is 0.141 e. The number of rotatable bonds is 5. The summed E-state index contributed by atoms with van der Waals surface area (Å²) in [6.45, 7) is 3.30. The third-order valence-electron chi connectivity index (χ3n) is 1.90. The van der Waals surface area contributed by atoms with E-state index in [1.807, 2.05) is 6.92 Å². The average molecular weight is 213 g/mol. The summed E-state index contributed by atoms with van der Waals surface area (Å²) in [5, 5.41) is 3.33. The molecule has 1 rings (SSSR count). The molecule has 0 aliphatic rings. The van der Waals surface area contributed by atoms with E-state index in [0.29, 0.717) is 6.54 Å². The van der Waals surface area contributed by atoms with E-state index in [1.165, 1.54) is 0 Å². The van der Waals surface area contributed by atoms with Crippen molar-refractivity contribution in [3.8, 4) is 0 Å². The molecule has 1 N–H and O–H groups in total. The minimum atomic E-state index is -0.772. The van der Waals surface area contributed by atoms with Crippen molar-refractivity contribution in [1.29, 1.82) is 0 Å². The lowest BCUT2D eigenvalue weighted by Crippen LogP contribution is -2.27. The van der Waals surface area contributed by atoms with Gasteiger partial charge in [0.25, 0.3) is 0 Å². The molecule has 0 radical (unpaired) electrons. The van der Waals surface area contributed by atoms with Gasteiger partial charge in [0, 0.05) is 41.2 Å². The zero-order chi connectivity index (χ0) is 10.4. The van der Waals surface area contributed by atoms with Crippen molar-refractivity contribution in [2.24, 2.45) is 0 Å². The van der Waals surface area contributed by atoms with E-state index in [0.717, 1.165) is 12.4 Å². The predicted octanol–water partition coefficient (Wildman–Crippen LogP) is 0.333. The molecule has 1 heterocycles. The van der Waals surface area contributed by atoms with E-state index < -0.39 is 10.8 Å². The Morgan fingerprint density at radius 2 is 2.14 bits per heavy atom. The Bertz CT molecular complexity index is 291. The molecule has 0 amide bonds. The quantitative estimate of drug-likeness (QED) is 0.766. The third kappa shape index (κ3) is 3.93. The lowest BCUT2D eigenvalue weighted by molar-refractivity contribution is 0.634. The Balaban J connectivity index is 2.26. The second-order valence-corrected chi connectivity index (χ2v) is 4.91. The van der Waals surface area contributed by atoms with Crippen molar-refractivity contribution in [3.63, 3.8) is 0 Å². The first kappa shape index (κ1) is 11.3. The van der Waals surface area contributed by atoms with Crippen LogP contribution in [0, 0.1) is 0 Å². The lowest BCUT2D eigenvalue weighted by atomic mass is 10.4. The van der Waals surface area contributed by atoms with Gasteiger partial charge in [-0.1, -0.05) is 0 Å². The monoisotopic (exact) mass is 213 g/mol. The van der Waals surface area contributed by atoms with Gasteiger partial charge < -0.3 is 5.32 Å². The Kier molecular flexibility index (Phi) is 4.69. The number of hydrogen-bond donors (Lipinski definition) is 1. The summed E-state index contributed by atoms with van der Waals surface area (Å²) in [4.78, 5) is 8.14. The molecule has 1 aromatic rings. The van der Waals surface area contributed by atoms with Crippen LogP contribution in [0.5, 0.6) is 0 Å². The summed E-state index contributed by atoms with van der Waals surface area (Å²) in [6, 6.07) is 1.78. The van der Waals surface area contributed by atoms with E-state index in [9.17, 15) is 4.21 Å². The van der Waals surface area contributed by atoms with Gasteiger partial charge in [-0.3, -0.25) is 4.21 Å². The van der Waals surface area contributed by atoms with Crippen LogP contribution in [-0.2, 0) is 17.3 Å². The molecule has 0 spiro atoms. The van der Waals surface area contributed by atoms with Crippen LogP contribution in [0.4, 0.5) is 0 Å². The molecule has 5 heteroatoms. The van der Waals surface area contributed by atoms with Crippen molar-refractivity contribution >= 4 is 10.8 Å². The molecular formula is C9H15N3OS. The fourth-order valence-corrected chi connectivity index (χ4v) is 1.28. The number of nitrogens with zero attached hydrogens (tertiary/aromatic N) is 2. The molecule has 78 valence electrons. The second kappa shape index (κ2) is 5.82. The van der Waals surface area contributed by atoms with E-state index in [4.69, 9.17) is 0 Å². The summed E-state index contributed by atoms with van der Waals surface area (Å²) in [7, 11) is -0.772. The summed E-state index contributed by atoms with van der Waals surface area (Å²) >= 11 is 0. The standard InChI is InChI=1S/C9H15N3OS/c1-8(14(2)13)6-10-7-9-11-4-3-5-12-9/h3-5,8,10H,6-7H2,1-2H3. The van der Waals surface area contributed by atoms with Crippen LogP contribution in [0.2, 0.25) is 0 Å². The normalized spacial score (nSPS) is 15.0. The second-order valence-electron chi connectivity index (χ2n) is 3.11. The van der Waals surface area contributed by atoms with E-state index in [1.54, 1.807) is 24.7 Å². The van der Waals surface area contributed by atoms with E-state index >= 15 is 0 Å². The first-order valence-electron chi connectivity index (χ1n) is 4.49. The molecule has 0 aromatic carbocycles. The summed E-state index contributed by atoms with van der Waals surface area (Å²) < 4.78 is 11.0. The van der Waals surface area contributed by atoms with E-state index in [-0.39, 0.29) is 5.25 Å². The van der Waals surface area contributed by atoms with Crippen LogP contribution in [0.1, 0.15) is 12.7 Å². The van der Waals surface area contributed by atoms with Gasteiger partial charge in [0.1, 0.15) is 5.82 Å². The minimum absolute atomic E-state index is 0.165.